The van der Waals surface area contributed by atoms with Gasteiger partial charge in [0, 0.05) is 24.8 Å². The molecular formula is C22H21N3O4. The number of pyridine rings is 2. The van der Waals surface area contributed by atoms with Gasteiger partial charge in [-0.3, -0.25) is 14.6 Å². The van der Waals surface area contributed by atoms with Gasteiger partial charge in [-0.2, -0.15) is 0 Å². The SMILES string of the molecule is O=C(O)CC1(NC(=O)c2cc(-c3ccccn3)nc3ccccc23)CCOCC1. The van der Waals surface area contributed by atoms with E-state index in [2.05, 4.69) is 15.3 Å². The molecule has 2 N–H and O–H groups in total. The van der Waals surface area contributed by atoms with Crippen molar-refractivity contribution in [3.63, 3.8) is 0 Å². The van der Waals surface area contributed by atoms with Gasteiger partial charge in [0.2, 0.25) is 0 Å². The number of carboxylic acids is 1. The molecule has 0 atom stereocenters. The van der Waals surface area contributed by atoms with Gasteiger partial charge < -0.3 is 15.2 Å². The van der Waals surface area contributed by atoms with Crippen LogP contribution in [0, 0.1) is 0 Å². The largest absolute Gasteiger partial charge is 0.481 e. The molecule has 1 aromatic carbocycles. The lowest BCUT2D eigenvalue weighted by molar-refractivity contribution is -0.139. The molecule has 0 saturated carbocycles. The van der Waals surface area contributed by atoms with Gasteiger partial charge in [0.25, 0.3) is 5.91 Å². The third-order valence-electron chi connectivity index (χ3n) is 5.21. The summed E-state index contributed by atoms with van der Waals surface area (Å²) in [5.74, 6) is -1.26. The predicted octanol–water partition coefficient (Wildman–Crippen LogP) is 3.05. The first-order chi connectivity index (χ1) is 14.1. The van der Waals surface area contributed by atoms with E-state index < -0.39 is 11.5 Å². The van der Waals surface area contributed by atoms with E-state index in [1.807, 2.05) is 42.5 Å². The lowest BCUT2D eigenvalue weighted by Gasteiger charge is -2.37. The summed E-state index contributed by atoms with van der Waals surface area (Å²) in [6.45, 7) is 0.841. The van der Waals surface area contributed by atoms with Crippen molar-refractivity contribution in [3.05, 3.63) is 60.3 Å². The Balaban J connectivity index is 1.75. The van der Waals surface area contributed by atoms with Crippen LogP contribution in [0.5, 0.6) is 0 Å². The minimum Gasteiger partial charge on any atom is -0.481 e. The quantitative estimate of drug-likeness (QED) is 0.693. The molecule has 0 bridgehead atoms. The number of para-hydroxylation sites is 1. The topological polar surface area (TPSA) is 101 Å². The highest BCUT2D eigenvalue weighted by Gasteiger charge is 2.37. The van der Waals surface area contributed by atoms with Crippen LogP contribution in [-0.2, 0) is 9.53 Å². The zero-order valence-electron chi connectivity index (χ0n) is 15.8. The van der Waals surface area contributed by atoms with Crippen molar-refractivity contribution in [1.82, 2.24) is 15.3 Å². The Morgan fingerprint density at radius 3 is 2.55 bits per heavy atom. The minimum atomic E-state index is -0.944. The van der Waals surface area contributed by atoms with E-state index in [0.29, 0.717) is 53.9 Å². The number of ether oxygens (including phenoxy) is 1. The third kappa shape index (κ3) is 4.09. The average Bonchev–Trinajstić information content (AvgIpc) is 2.73. The first kappa shape index (κ1) is 19.0. The number of nitrogens with one attached hydrogen (secondary N) is 1. The average molecular weight is 391 g/mol. The number of hydrogen-bond donors (Lipinski definition) is 2. The van der Waals surface area contributed by atoms with Gasteiger partial charge in [-0.1, -0.05) is 24.3 Å². The van der Waals surface area contributed by atoms with Crippen LogP contribution >= 0.6 is 0 Å². The molecule has 29 heavy (non-hydrogen) atoms. The Hall–Kier alpha value is -3.32. The zero-order valence-corrected chi connectivity index (χ0v) is 15.8. The molecule has 0 radical (unpaired) electrons. The van der Waals surface area contributed by atoms with Gasteiger partial charge in [0.05, 0.1) is 34.4 Å². The Labute approximate surface area is 167 Å². The zero-order chi connectivity index (χ0) is 20.3. The maximum absolute atomic E-state index is 13.3. The lowest BCUT2D eigenvalue weighted by Crippen LogP contribution is -2.53. The molecule has 0 aliphatic carbocycles. The van der Waals surface area contributed by atoms with Crippen LogP contribution in [-0.4, -0.2) is 45.7 Å². The monoisotopic (exact) mass is 391 g/mol. The van der Waals surface area contributed by atoms with E-state index >= 15 is 0 Å². The highest BCUT2D eigenvalue weighted by Crippen LogP contribution is 2.28. The Kier molecular flexibility index (Phi) is 5.22. The van der Waals surface area contributed by atoms with Crippen LogP contribution in [0.25, 0.3) is 22.3 Å². The van der Waals surface area contributed by atoms with Gasteiger partial charge >= 0.3 is 5.97 Å². The molecule has 3 heterocycles. The summed E-state index contributed by atoms with van der Waals surface area (Å²) < 4.78 is 5.38. The van der Waals surface area contributed by atoms with Crippen LogP contribution in [0.4, 0.5) is 0 Å². The molecule has 0 unspecified atom stereocenters. The number of nitrogens with zero attached hydrogens (tertiary/aromatic N) is 2. The second-order valence-electron chi connectivity index (χ2n) is 7.20. The fourth-order valence-electron chi connectivity index (χ4n) is 3.71. The maximum Gasteiger partial charge on any atom is 0.305 e. The number of carbonyl (C=O) groups is 2. The number of amides is 1. The van der Waals surface area contributed by atoms with Crippen LogP contribution in [0.15, 0.2) is 54.7 Å². The first-order valence-corrected chi connectivity index (χ1v) is 9.50. The van der Waals surface area contributed by atoms with E-state index in [4.69, 9.17) is 4.74 Å². The van der Waals surface area contributed by atoms with E-state index in [1.165, 1.54) is 0 Å². The van der Waals surface area contributed by atoms with E-state index in [9.17, 15) is 14.7 Å². The maximum atomic E-state index is 13.3. The Morgan fingerprint density at radius 1 is 1.07 bits per heavy atom. The van der Waals surface area contributed by atoms with E-state index in [1.54, 1.807) is 12.3 Å². The number of aromatic nitrogens is 2. The van der Waals surface area contributed by atoms with Crippen LogP contribution < -0.4 is 5.32 Å². The van der Waals surface area contributed by atoms with Crippen LogP contribution in [0.1, 0.15) is 29.6 Å². The normalized spacial score (nSPS) is 15.7. The molecule has 1 saturated heterocycles. The van der Waals surface area contributed by atoms with Crippen molar-refractivity contribution in [2.45, 2.75) is 24.8 Å². The van der Waals surface area contributed by atoms with Gasteiger partial charge in [0.15, 0.2) is 0 Å². The van der Waals surface area contributed by atoms with E-state index in [-0.39, 0.29) is 12.3 Å². The standard InChI is InChI=1S/C22H21N3O4/c26-20(27)14-22(8-11-29-12-9-22)25-21(28)16-13-19(18-7-3-4-10-23-18)24-17-6-2-1-5-15(16)17/h1-7,10,13H,8-9,11-12,14H2,(H,25,28)(H,26,27). The molecule has 148 valence electrons. The van der Waals surface area contributed by atoms with Crippen molar-refractivity contribution in [2.75, 3.05) is 13.2 Å². The Bertz CT molecular complexity index is 1050. The summed E-state index contributed by atoms with van der Waals surface area (Å²) in [6, 6.07) is 14.6. The second-order valence-corrected chi connectivity index (χ2v) is 7.20. The lowest BCUT2D eigenvalue weighted by atomic mass is 9.86. The number of carboxylic acid groups (broad SMARTS) is 1. The van der Waals surface area contributed by atoms with Crippen LogP contribution in [0.2, 0.25) is 0 Å². The second kappa shape index (κ2) is 7.97. The fraction of sp³-hybridized carbons (Fsp3) is 0.273. The van der Waals surface area contributed by atoms with Crippen molar-refractivity contribution in [3.8, 4) is 11.4 Å². The number of rotatable bonds is 5. The smallest absolute Gasteiger partial charge is 0.305 e. The number of carbonyl (C=O) groups excluding carboxylic acids is 1. The van der Waals surface area contributed by atoms with E-state index in [0.717, 1.165) is 0 Å². The molecular weight excluding hydrogens is 370 g/mol. The summed E-state index contributed by atoms with van der Waals surface area (Å²) in [7, 11) is 0. The predicted molar refractivity (Wildman–Crippen MR) is 107 cm³/mol. The molecule has 2 aromatic heterocycles. The highest BCUT2D eigenvalue weighted by atomic mass is 16.5. The fourth-order valence-corrected chi connectivity index (χ4v) is 3.71. The molecule has 7 heteroatoms. The molecule has 4 rings (SSSR count). The molecule has 7 nitrogen and oxygen atoms in total. The van der Waals surface area contributed by atoms with Gasteiger partial charge in [-0.25, -0.2) is 4.98 Å². The van der Waals surface area contributed by atoms with Gasteiger partial charge in [0.1, 0.15) is 0 Å². The summed E-state index contributed by atoms with van der Waals surface area (Å²) in [6.07, 6.45) is 2.45. The van der Waals surface area contributed by atoms with Crippen molar-refractivity contribution in [1.29, 1.82) is 0 Å². The number of fused-ring (bicyclic) bond motifs is 1. The third-order valence-corrected chi connectivity index (χ3v) is 5.21. The summed E-state index contributed by atoms with van der Waals surface area (Å²) in [5.41, 5.74) is 1.57. The molecule has 1 aliphatic heterocycles. The highest BCUT2D eigenvalue weighted by molar-refractivity contribution is 6.07. The molecule has 1 fully saturated rings. The van der Waals surface area contributed by atoms with Crippen LogP contribution in [0.3, 0.4) is 0 Å². The number of hydrogen-bond acceptors (Lipinski definition) is 5. The first-order valence-electron chi connectivity index (χ1n) is 9.50. The summed E-state index contributed by atoms with van der Waals surface area (Å²) in [5, 5.41) is 13.1. The van der Waals surface area contributed by atoms with Crippen molar-refractivity contribution in [2.24, 2.45) is 0 Å². The van der Waals surface area contributed by atoms with Gasteiger partial charge in [-0.15, -0.1) is 0 Å². The summed E-state index contributed by atoms with van der Waals surface area (Å²) in [4.78, 5) is 33.7. The van der Waals surface area contributed by atoms with Gasteiger partial charge in [-0.05, 0) is 37.1 Å². The minimum absolute atomic E-state index is 0.141. The van der Waals surface area contributed by atoms with Crippen molar-refractivity contribution < 1.29 is 19.4 Å². The molecule has 1 amide bonds. The molecule has 3 aromatic rings. The number of benzene rings is 1. The molecule has 1 aliphatic rings. The van der Waals surface area contributed by atoms with Crippen molar-refractivity contribution >= 4 is 22.8 Å². The number of aliphatic carboxylic acids is 1. The molecule has 0 spiro atoms. The summed E-state index contributed by atoms with van der Waals surface area (Å²) >= 11 is 0. The Morgan fingerprint density at radius 2 is 1.83 bits per heavy atom.